The first-order valence-corrected chi connectivity index (χ1v) is 13.2. The number of nitrogens with one attached hydrogen (secondary N) is 1. The topological polar surface area (TPSA) is 95.9 Å². The number of hydrogen-bond donors (Lipinski definition) is 2. The Bertz CT molecular complexity index is 1510. The molecule has 2 N–H and O–H groups in total. The lowest BCUT2D eigenvalue weighted by molar-refractivity contribution is -0.934. The molecule has 2 aromatic rings. The number of phenols is 1. The van der Waals surface area contributed by atoms with E-state index in [2.05, 4.69) is 17.5 Å². The molecule has 0 aromatic heterocycles. The van der Waals surface area contributed by atoms with Crippen LogP contribution in [-0.2, 0) is 15.0 Å². The maximum absolute atomic E-state index is 13.9. The number of rotatable bonds is 4. The fourth-order valence-electron chi connectivity index (χ4n) is 8.00. The molecule has 1 spiro atoms. The third-order valence-electron chi connectivity index (χ3n) is 9.79. The number of Topliss-reactive ketones (excluding diaryl/α,β-unsaturated/α-hetero) is 1. The quantitative estimate of drug-likeness (QED) is 0.215. The van der Waals surface area contributed by atoms with E-state index < -0.39 is 5.41 Å². The maximum Gasteiger partial charge on any atom is 0.264 e. The summed E-state index contributed by atoms with van der Waals surface area (Å²) in [6, 6.07) is 11.0. The van der Waals surface area contributed by atoms with Crippen LogP contribution in [0.3, 0.4) is 0 Å². The Morgan fingerprint density at radius 3 is 2.95 bits per heavy atom. The Labute approximate surface area is 220 Å². The zero-order valence-electron chi connectivity index (χ0n) is 21.5. The van der Waals surface area contributed by atoms with E-state index in [1.54, 1.807) is 36.2 Å². The highest BCUT2D eigenvalue weighted by Gasteiger charge is 2.69. The molecule has 0 radical (unpaired) electrons. The number of quaternary nitrogens is 1. The number of amides is 1. The number of carbonyl (C=O) groups is 3. The number of aromatic hydroxyl groups is 1. The van der Waals surface area contributed by atoms with Crippen molar-refractivity contribution in [2.24, 2.45) is 5.92 Å². The largest absolute Gasteiger partial charge is 0.506 e. The van der Waals surface area contributed by atoms with Gasteiger partial charge in [-0.25, -0.2) is 0 Å². The average molecular weight is 513 g/mol. The molecule has 194 valence electrons. The first-order chi connectivity index (χ1) is 18.3. The molecule has 8 nitrogen and oxygen atoms in total. The third kappa shape index (κ3) is 2.81. The summed E-state index contributed by atoms with van der Waals surface area (Å²) in [5.41, 5.74) is 5.32. The van der Waals surface area contributed by atoms with E-state index in [1.165, 1.54) is 5.57 Å². The van der Waals surface area contributed by atoms with Gasteiger partial charge in [-0.3, -0.25) is 14.4 Å². The lowest BCUT2D eigenvalue weighted by Crippen LogP contribution is -2.64. The smallest absolute Gasteiger partial charge is 0.264 e. The van der Waals surface area contributed by atoms with Crippen molar-refractivity contribution in [2.45, 2.75) is 31.2 Å². The van der Waals surface area contributed by atoms with Crippen LogP contribution in [0, 0.1) is 5.92 Å². The first-order valence-electron chi connectivity index (χ1n) is 13.2. The number of aldehydes is 1. The number of allylic oxidation sites excluding steroid dienone is 2. The van der Waals surface area contributed by atoms with E-state index in [-0.39, 0.29) is 36.0 Å². The molecule has 2 fully saturated rings. The fraction of sp³-hybridized carbons (Fsp3) is 0.367. The van der Waals surface area contributed by atoms with Crippen molar-refractivity contribution in [1.29, 1.82) is 0 Å². The van der Waals surface area contributed by atoms with Crippen LogP contribution in [0.4, 0.5) is 11.4 Å². The molecular formula is C30H30N3O5+. The Kier molecular flexibility index (Phi) is 4.77. The summed E-state index contributed by atoms with van der Waals surface area (Å²) >= 11 is 0. The van der Waals surface area contributed by atoms with Gasteiger partial charge >= 0.3 is 0 Å². The van der Waals surface area contributed by atoms with Gasteiger partial charge in [0.25, 0.3) is 5.91 Å². The third-order valence-corrected chi connectivity index (χ3v) is 9.79. The summed E-state index contributed by atoms with van der Waals surface area (Å²) in [5.74, 6) is 0.674. The van der Waals surface area contributed by atoms with E-state index in [1.807, 2.05) is 13.0 Å². The summed E-state index contributed by atoms with van der Waals surface area (Å²) in [7, 11) is 1.70. The number of ether oxygens (including phenoxy) is 1. The minimum atomic E-state index is -0.434. The van der Waals surface area contributed by atoms with Gasteiger partial charge in [0.1, 0.15) is 36.9 Å². The minimum Gasteiger partial charge on any atom is -0.506 e. The highest BCUT2D eigenvalue weighted by Crippen LogP contribution is 2.64. The van der Waals surface area contributed by atoms with Crippen molar-refractivity contribution >= 4 is 29.4 Å². The zero-order chi connectivity index (χ0) is 26.4. The lowest BCUT2D eigenvalue weighted by Gasteiger charge is -2.53. The van der Waals surface area contributed by atoms with Crippen molar-refractivity contribution in [1.82, 2.24) is 0 Å². The molecule has 1 aliphatic carbocycles. The molecule has 5 aliphatic rings. The van der Waals surface area contributed by atoms with Crippen LogP contribution >= 0.6 is 0 Å². The summed E-state index contributed by atoms with van der Waals surface area (Å²) in [5, 5.41) is 14.2. The molecular weight excluding hydrogens is 482 g/mol. The van der Waals surface area contributed by atoms with Crippen LogP contribution in [0.2, 0.25) is 0 Å². The van der Waals surface area contributed by atoms with Crippen LogP contribution in [0.1, 0.15) is 35.7 Å². The van der Waals surface area contributed by atoms with Crippen LogP contribution < -0.4 is 15.0 Å². The number of benzene rings is 2. The van der Waals surface area contributed by atoms with E-state index in [0.29, 0.717) is 40.3 Å². The summed E-state index contributed by atoms with van der Waals surface area (Å²) in [6.45, 7) is 3.84. The van der Waals surface area contributed by atoms with E-state index >= 15 is 0 Å². The number of carbonyl (C=O) groups excluding carboxylic acids is 3. The zero-order valence-corrected chi connectivity index (χ0v) is 21.5. The van der Waals surface area contributed by atoms with Crippen molar-refractivity contribution < 1.29 is 28.7 Å². The highest BCUT2D eigenvalue weighted by molar-refractivity contribution is 6.02. The Balaban J connectivity index is 1.33. The number of phenolic OH excluding ortho intramolecular Hbond substituents is 1. The molecule has 2 aromatic carbocycles. The molecule has 1 amide bonds. The number of fused-ring (bicyclic) bond motifs is 3. The second-order valence-corrected chi connectivity index (χ2v) is 11.3. The molecule has 0 saturated carbocycles. The SMILES string of the molecule is C/C=C1/C[N+]2(CC(=O)c3ccc4c(c3)N(C)C(=O)CO4)CC[C@]34C(=C(C=O)[C@H]1CC32)Nc1c(O)cccc14. The predicted octanol–water partition coefficient (Wildman–Crippen LogP) is 3.32. The molecule has 4 heterocycles. The van der Waals surface area contributed by atoms with Gasteiger partial charge in [0, 0.05) is 42.6 Å². The average Bonchev–Trinajstić information content (AvgIpc) is 3.45. The maximum atomic E-state index is 13.9. The van der Waals surface area contributed by atoms with Crippen LogP contribution in [0.5, 0.6) is 11.5 Å². The molecule has 4 atom stereocenters. The normalized spacial score (nSPS) is 31.4. The summed E-state index contributed by atoms with van der Waals surface area (Å²) in [4.78, 5) is 40.2. The van der Waals surface area contributed by atoms with Crippen molar-refractivity contribution in [3.05, 3.63) is 70.4 Å². The van der Waals surface area contributed by atoms with Crippen molar-refractivity contribution in [2.75, 3.05) is 43.5 Å². The molecule has 4 aliphatic heterocycles. The van der Waals surface area contributed by atoms with Gasteiger partial charge in [-0.2, -0.15) is 0 Å². The monoisotopic (exact) mass is 512 g/mol. The minimum absolute atomic E-state index is 0.00244. The number of ketones is 1. The van der Waals surface area contributed by atoms with Crippen LogP contribution in [0.15, 0.2) is 59.3 Å². The van der Waals surface area contributed by atoms with Crippen molar-refractivity contribution in [3.63, 3.8) is 0 Å². The van der Waals surface area contributed by atoms with Gasteiger partial charge < -0.3 is 24.5 Å². The van der Waals surface area contributed by atoms with Gasteiger partial charge in [-0.05, 0) is 42.3 Å². The molecule has 7 rings (SSSR count). The number of anilines is 2. The second-order valence-electron chi connectivity index (χ2n) is 11.3. The molecule has 38 heavy (non-hydrogen) atoms. The number of likely N-dealkylation sites (N-methyl/N-ethyl adjacent to an activating group) is 1. The number of para-hydroxylation sites is 1. The van der Waals surface area contributed by atoms with Gasteiger partial charge in [0.05, 0.1) is 23.3 Å². The Morgan fingerprint density at radius 1 is 1.32 bits per heavy atom. The Hall–Kier alpha value is -3.91. The second kappa shape index (κ2) is 7.80. The van der Waals surface area contributed by atoms with E-state index in [4.69, 9.17) is 4.74 Å². The fourth-order valence-corrected chi connectivity index (χ4v) is 8.00. The standard InChI is InChI=1S/C30H29N3O5/c1-3-17-13-33(14-24(36)18-7-8-25-22(11-18)32(2)27(37)16-38-25)10-9-30-21-5-4-6-23(35)28(21)31-29(30)20(15-34)19(17)12-26(30)33/h3-8,11,15,19,26H,9-10,12-14,16H2,1-2H3,(H-,31,34,35)/p+1/b17-3-/t19-,26?,30+,33?/m0/s1. The number of nitrogens with zero attached hydrogens (tertiary/aromatic N) is 2. The summed E-state index contributed by atoms with van der Waals surface area (Å²) < 4.78 is 6.17. The van der Waals surface area contributed by atoms with Gasteiger partial charge in [-0.1, -0.05) is 18.2 Å². The molecule has 2 unspecified atom stereocenters. The molecule has 2 saturated heterocycles. The summed E-state index contributed by atoms with van der Waals surface area (Å²) in [6.07, 6.45) is 4.68. The number of hydrogen-bond acceptors (Lipinski definition) is 6. The lowest BCUT2D eigenvalue weighted by atomic mass is 9.61. The van der Waals surface area contributed by atoms with Gasteiger partial charge in [-0.15, -0.1) is 0 Å². The Morgan fingerprint density at radius 2 is 2.16 bits per heavy atom. The predicted molar refractivity (Wildman–Crippen MR) is 141 cm³/mol. The number of piperidine rings is 1. The van der Waals surface area contributed by atoms with E-state index in [0.717, 1.165) is 42.5 Å². The van der Waals surface area contributed by atoms with Crippen molar-refractivity contribution in [3.8, 4) is 11.5 Å². The van der Waals surface area contributed by atoms with Gasteiger partial charge in [0.15, 0.2) is 6.61 Å². The highest BCUT2D eigenvalue weighted by atomic mass is 16.5. The van der Waals surface area contributed by atoms with Crippen LogP contribution in [-0.4, -0.2) is 66.9 Å². The molecule has 2 bridgehead atoms. The molecule has 8 heteroatoms. The first kappa shape index (κ1) is 23.2. The van der Waals surface area contributed by atoms with Gasteiger partial charge in [0.2, 0.25) is 5.78 Å². The van der Waals surface area contributed by atoms with E-state index in [9.17, 15) is 19.5 Å². The van der Waals surface area contributed by atoms with Crippen LogP contribution in [0.25, 0.3) is 0 Å².